The Balaban J connectivity index is 2.17. The summed E-state index contributed by atoms with van der Waals surface area (Å²) in [5, 5.41) is 2.54. The molecule has 6 heteroatoms. The summed E-state index contributed by atoms with van der Waals surface area (Å²) >= 11 is 3.33. The lowest BCUT2D eigenvalue weighted by Gasteiger charge is -2.24. The van der Waals surface area contributed by atoms with Gasteiger partial charge in [0.05, 0.1) is 11.8 Å². The third-order valence-corrected chi connectivity index (χ3v) is 4.00. The van der Waals surface area contributed by atoms with Gasteiger partial charge in [-0.3, -0.25) is 4.79 Å². The van der Waals surface area contributed by atoms with Crippen molar-refractivity contribution in [1.82, 2.24) is 0 Å². The quantitative estimate of drug-likeness (QED) is 0.798. The molecule has 128 valence electrons. The highest BCUT2D eigenvalue weighted by molar-refractivity contribution is 9.10. The van der Waals surface area contributed by atoms with Crippen molar-refractivity contribution in [2.45, 2.75) is 32.4 Å². The van der Waals surface area contributed by atoms with E-state index in [1.165, 1.54) is 12.1 Å². The van der Waals surface area contributed by atoms with E-state index in [-0.39, 0.29) is 11.8 Å². The van der Waals surface area contributed by atoms with Crippen LogP contribution in [0.5, 0.6) is 5.75 Å². The second-order valence-electron chi connectivity index (χ2n) is 5.97. The Bertz CT molecular complexity index is 730. The summed E-state index contributed by atoms with van der Waals surface area (Å²) in [5.41, 5.74) is 5.55. The molecule has 1 unspecified atom stereocenters. The maximum Gasteiger partial charge on any atom is 0.248 e. The number of benzene rings is 2. The second-order valence-corrected chi connectivity index (χ2v) is 6.89. The van der Waals surface area contributed by atoms with E-state index < -0.39 is 17.3 Å². The molecule has 0 bridgehead atoms. The first kappa shape index (κ1) is 18.4. The molecule has 0 saturated carbocycles. The maximum atomic E-state index is 14.2. The summed E-state index contributed by atoms with van der Waals surface area (Å²) in [6, 6.07) is 11.4. The Hall–Kier alpha value is -1.92. The molecule has 0 aliphatic rings. The smallest absolute Gasteiger partial charge is 0.248 e. The van der Waals surface area contributed by atoms with Gasteiger partial charge in [-0.15, -0.1) is 0 Å². The van der Waals surface area contributed by atoms with Crippen LogP contribution in [-0.4, -0.2) is 12.0 Å². The minimum absolute atomic E-state index is 0.0601. The zero-order valence-electron chi connectivity index (χ0n) is 13.8. The number of anilines is 1. The lowest BCUT2D eigenvalue weighted by atomic mass is 9.92. The van der Waals surface area contributed by atoms with Crippen molar-refractivity contribution in [1.29, 1.82) is 0 Å². The first-order valence-corrected chi connectivity index (χ1v) is 8.32. The van der Waals surface area contributed by atoms with Gasteiger partial charge in [0.15, 0.2) is 0 Å². The SMILES string of the molecule is CC(C)Oc1ccc(NC(=O)C(C)(N)c2ccc(Br)cc2)c(F)c1. The first-order chi connectivity index (χ1) is 11.2. The van der Waals surface area contributed by atoms with Crippen LogP contribution in [0.2, 0.25) is 0 Å². The predicted octanol–water partition coefficient (Wildman–Crippen LogP) is 4.19. The molecular weight excluding hydrogens is 375 g/mol. The average Bonchev–Trinajstić information content (AvgIpc) is 2.49. The normalized spacial score (nSPS) is 13.5. The second kappa shape index (κ2) is 7.32. The van der Waals surface area contributed by atoms with Crippen molar-refractivity contribution in [2.24, 2.45) is 5.73 Å². The largest absolute Gasteiger partial charge is 0.491 e. The third-order valence-electron chi connectivity index (χ3n) is 3.48. The number of hydrogen-bond acceptors (Lipinski definition) is 3. The van der Waals surface area contributed by atoms with Crippen LogP contribution in [0.4, 0.5) is 10.1 Å². The molecule has 0 aromatic heterocycles. The van der Waals surface area contributed by atoms with Gasteiger partial charge >= 0.3 is 0 Å². The molecule has 0 aliphatic carbocycles. The van der Waals surface area contributed by atoms with Gasteiger partial charge in [0, 0.05) is 10.5 Å². The lowest BCUT2D eigenvalue weighted by molar-refractivity contribution is -0.120. The first-order valence-electron chi connectivity index (χ1n) is 7.52. The van der Waals surface area contributed by atoms with Gasteiger partial charge in [0.2, 0.25) is 5.91 Å². The van der Waals surface area contributed by atoms with Gasteiger partial charge in [-0.25, -0.2) is 4.39 Å². The standard InChI is InChI=1S/C18H20BrFN2O2/c1-11(2)24-14-8-9-16(15(20)10-14)22-17(23)18(3,21)12-4-6-13(19)7-5-12/h4-11H,21H2,1-3H3,(H,22,23). The molecule has 2 aromatic rings. The van der Waals surface area contributed by atoms with E-state index >= 15 is 0 Å². The maximum absolute atomic E-state index is 14.2. The Morgan fingerprint density at radius 1 is 1.25 bits per heavy atom. The van der Waals surface area contributed by atoms with Crippen LogP contribution in [0.1, 0.15) is 26.3 Å². The van der Waals surface area contributed by atoms with E-state index in [1.54, 1.807) is 37.3 Å². The highest BCUT2D eigenvalue weighted by Gasteiger charge is 2.31. The van der Waals surface area contributed by atoms with Crippen molar-refractivity contribution in [3.8, 4) is 5.75 Å². The van der Waals surface area contributed by atoms with Crippen molar-refractivity contribution < 1.29 is 13.9 Å². The number of carbonyl (C=O) groups excluding carboxylic acids is 1. The summed E-state index contributed by atoms with van der Waals surface area (Å²) < 4.78 is 20.5. The van der Waals surface area contributed by atoms with Gasteiger partial charge in [-0.1, -0.05) is 28.1 Å². The van der Waals surface area contributed by atoms with Crippen LogP contribution in [-0.2, 0) is 10.3 Å². The molecule has 0 radical (unpaired) electrons. The van der Waals surface area contributed by atoms with Gasteiger partial charge in [-0.2, -0.15) is 0 Å². The average molecular weight is 395 g/mol. The van der Waals surface area contributed by atoms with Crippen LogP contribution in [0.3, 0.4) is 0 Å². The van der Waals surface area contributed by atoms with E-state index in [0.717, 1.165) is 4.47 Å². The minimum atomic E-state index is -1.29. The van der Waals surface area contributed by atoms with Crippen molar-refractivity contribution in [3.63, 3.8) is 0 Å². The molecule has 0 heterocycles. The van der Waals surface area contributed by atoms with Crippen LogP contribution >= 0.6 is 15.9 Å². The number of amides is 1. The Kier molecular flexibility index (Phi) is 5.62. The van der Waals surface area contributed by atoms with Crippen molar-refractivity contribution >= 4 is 27.5 Å². The lowest BCUT2D eigenvalue weighted by Crippen LogP contribution is -2.45. The van der Waals surface area contributed by atoms with Gasteiger partial charge in [0.25, 0.3) is 0 Å². The molecule has 0 spiro atoms. The Morgan fingerprint density at radius 3 is 2.42 bits per heavy atom. The number of carbonyl (C=O) groups is 1. The fourth-order valence-electron chi connectivity index (χ4n) is 2.12. The molecule has 24 heavy (non-hydrogen) atoms. The van der Waals surface area contributed by atoms with Gasteiger partial charge < -0.3 is 15.8 Å². The molecule has 0 fully saturated rings. The number of nitrogens with two attached hydrogens (primary N) is 1. The fraction of sp³-hybridized carbons (Fsp3) is 0.278. The van der Waals surface area contributed by atoms with E-state index in [0.29, 0.717) is 11.3 Å². The number of ether oxygens (including phenoxy) is 1. The monoisotopic (exact) mass is 394 g/mol. The van der Waals surface area contributed by atoms with Crippen LogP contribution < -0.4 is 15.8 Å². The summed E-state index contributed by atoms with van der Waals surface area (Å²) in [4.78, 5) is 12.5. The molecule has 0 saturated heterocycles. The van der Waals surface area contributed by atoms with Crippen molar-refractivity contribution in [2.75, 3.05) is 5.32 Å². The zero-order valence-corrected chi connectivity index (χ0v) is 15.4. The van der Waals surface area contributed by atoms with E-state index in [1.807, 2.05) is 13.8 Å². The zero-order chi connectivity index (χ0) is 17.9. The summed E-state index contributed by atoms with van der Waals surface area (Å²) in [7, 11) is 0. The highest BCUT2D eigenvalue weighted by atomic mass is 79.9. The Morgan fingerprint density at radius 2 is 1.88 bits per heavy atom. The van der Waals surface area contributed by atoms with Gasteiger partial charge in [0.1, 0.15) is 17.1 Å². The van der Waals surface area contributed by atoms with E-state index in [4.69, 9.17) is 10.5 Å². The van der Waals surface area contributed by atoms with Crippen LogP contribution in [0.25, 0.3) is 0 Å². The highest BCUT2D eigenvalue weighted by Crippen LogP contribution is 2.25. The molecule has 4 nitrogen and oxygen atoms in total. The molecule has 1 atom stereocenters. The summed E-state index contributed by atoms with van der Waals surface area (Å²) in [6.07, 6.45) is -0.0606. The third kappa shape index (κ3) is 4.33. The molecule has 3 N–H and O–H groups in total. The number of hydrogen-bond donors (Lipinski definition) is 2. The topological polar surface area (TPSA) is 64.3 Å². The molecular formula is C18H20BrFN2O2. The molecule has 1 amide bonds. The van der Waals surface area contributed by atoms with Gasteiger partial charge in [-0.05, 0) is 50.6 Å². The summed E-state index contributed by atoms with van der Waals surface area (Å²) in [6.45, 7) is 5.29. The molecule has 0 aliphatic heterocycles. The fourth-order valence-corrected chi connectivity index (χ4v) is 2.39. The predicted molar refractivity (Wildman–Crippen MR) is 96.5 cm³/mol. The van der Waals surface area contributed by atoms with Crippen LogP contribution in [0, 0.1) is 5.82 Å². The van der Waals surface area contributed by atoms with E-state index in [9.17, 15) is 9.18 Å². The van der Waals surface area contributed by atoms with Crippen LogP contribution in [0.15, 0.2) is 46.9 Å². The Labute approximate surface area is 149 Å². The number of nitrogens with one attached hydrogen (secondary N) is 1. The summed E-state index contributed by atoms with van der Waals surface area (Å²) in [5.74, 6) is -0.668. The molecule has 2 aromatic carbocycles. The van der Waals surface area contributed by atoms with E-state index in [2.05, 4.69) is 21.2 Å². The minimum Gasteiger partial charge on any atom is -0.491 e. The van der Waals surface area contributed by atoms with Crippen molar-refractivity contribution in [3.05, 3.63) is 58.3 Å². The molecule has 2 rings (SSSR count). The number of halogens is 2. The number of rotatable bonds is 5.